The van der Waals surface area contributed by atoms with Crippen molar-refractivity contribution in [3.8, 4) is 0 Å². The molecule has 92 valence electrons. The number of hydrogen-bond acceptors (Lipinski definition) is 4. The molecule has 1 amide bonds. The SMILES string of the molecule is CCOC(=O)C(C)N(C)CC(=O)NC1CC1. The average Bonchev–Trinajstić information content (AvgIpc) is 3.00. The normalized spacial score (nSPS) is 17.0. The summed E-state index contributed by atoms with van der Waals surface area (Å²) in [6.45, 7) is 4.11. The first-order valence-electron chi connectivity index (χ1n) is 5.70. The molecule has 0 radical (unpaired) electrons. The number of nitrogens with zero attached hydrogens (tertiary/aromatic N) is 1. The Kier molecular flexibility index (Phi) is 4.73. The second-order valence-electron chi connectivity index (χ2n) is 4.18. The quantitative estimate of drug-likeness (QED) is 0.657. The average molecular weight is 228 g/mol. The van der Waals surface area contributed by atoms with E-state index in [1.165, 1.54) is 0 Å². The molecule has 1 rings (SSSR count). The Bertz CT molecular complexity index is 264. The lowest BCUT2D eigenvalue weighted by Crippen LogP contribution is -2.43. The topological polar surface area (TPSA) is 58.6 Å². The minimum atomic E-state index is -0.384. The van der Waals surface area contributed by atoms with Crippen LogP contribution < -0.4 is 5.32 Å². The van der Waals surface area contributed by atoms with Gasteiger partial charge in [0.2, 0.25) is 5.91 Å². The van der Waals surface area contributed by atoms with E-state index in [9.17, 15) is 9.59 Å². The van der Waals surface area contributed by atoms with E-state index >= 15 is 0 Å². The zero-order valence-electron chi connectivity index (χ0n) is 10.2. The number of ether oxygens (including phenoxy) is 1. The molecular formula is C11H20N2O3. The first kappa shape index (κ1) is 13.0. The van der Waals surface area contributed by atoms with Gasteiger partial charge < -0.3 is 10.1 Å². The summed E-state index contributed by atoms with van der Waals surface area (Å²) in [7, 11) is 1.74. The van der Waals surface area contributed by atoms with E-state index in [4.69, 9.17) is 4.74 Å². The number of hydrogen-bond donors (Lipinski definition) is 1. The monoisotopic (exact) mass is 228 g/mol. The van der Waals surface area contributed by atoms with Crippen LogP contribution in [0.25, 0.3) is 0 Å². The molecule has 0 bridgehead atoms. The van der Waals surface area contributed by atoms with Crippen LogP contribution in [-0.4, -0.2) is 49.1 Å². The van der Waals surface area contributed by atoms with Crippen molar-refractivity contribution in [3.63, 3.8) is 0 Å². The Morgan fingerprint density at radius 2 is 2.12 bits per heavy atom. The third-order valence-corrected chi connectivity index (χ3v) is 2.62. The Morgan fingerprint density at radius 3 is 2.62 bits per heavy atom. The maximum Gasteiger partial charge on any atom is 0.323 e. The predicted molar refractivity (Wildman–Crippen MR) is 59.9 cm³/mol. The van der Waals surface area contributed by atoms with Gasteiger partial charge in [0, 0.05) is 6.04 Å². The molecule has 5 nitrogen and oxygen atoms in total. The van der Waals surface area contributed by atoms with Crippen molar-refractivity contribution in [2.75, 3.05) is 20.2 Å². The standard InChI is InChI=1S/C11H20N2O3/c1-4-16-11(15)8(2)13(3)7-10(14)12-9-5-6-9/h8-9H,4-7H2,1-3H3,(H,12,14). The van der Waals surface area contributed by atoms with Gasteiger partial charge in [0.05, 0.1) is 13.2 Å². The van der Waals surface area contributed by atoms with E-state index in [-0.39, 0.29) is 24.5 Å². The summed E-state index contributed by atoms with van der Waals surface area (Å²) < 4.78 is 4.89. The van der Waals surface area contributed by atoms with Gasteiger partial charge in [0.25, 0.3) is 0 Å². The zero-order chi connectivity index (χ0) is 12.1. The third-order valence-electron chi connectivity index (χ3n) is 2.62. The van der Waals surface area contributed by atoms with Crippen molar-refractivity contribution in [3.05, 3.63) is 0 Å². The van der Waals surface area contributed by atoms with Gasteiger partial charge in [-0.3, -0.25) is 14.5 Å². The van der Waals surface area contributed by atoms with Gasteiger partial charge in [0.15, 0.2) is 0 Å². The Balaban J connectivity index is 2.28. The smallest absolute Gasteiger partial charge is 0.323 e. The molecule has 0 aromatic rings. The number of nitrogens with one attached hydrogen (secondary N) is 1. The summed E-state index contributed by atoms with van der Waals surface area (Å²) in [5.41, 5.74) is 0. The lowest BCUT2D eigenvalue weighted by molar-refractivity contribution is -0.148. The van der Waals surface area contributed by atoms with Gasteiger partial charge in [-0.1, -0.05) is 0 Å². The van der Waals surface area contributed by atoms with Crippen LogP contribution in [0.3, 0.4) is 0 Å². The lowest BCUT2D eigenvalue weighted by atomic mass is 10.3. The zero-order valence-corrected chi connectivity index (χ0v) is 10.2. The molecule has 0 saturated heterocycles. The molecule has 5 heteroatoms. The second kappa shape index (κ2) is 5.84. The van der Waals surface area contributed by atoms with Gasteiger partial charge >= 0.3 is 5.97 Å². The molecule has 1 aliphatic carbocycles. The molecule has 0 spiro atoms. The Labute approximate surface area is 96.1 Å². The second-order valence-corrected chi connectivity index (χ2v) is 4.18. The number of rotatable bonds is 6. The molecule has 1 saturated carbocycles. The third kappa shape index (κ3) is 4.18. The van der Waals surface area contributed by atoms with Crippen LogP contribution in [0, 0.1) is 0 Å². The van der Waals surface area contributed by atoms with Gasteiger partial charge in [-0.25, -0.2) is 0 Å². The largest absolute Gasteiger partial charge is 0.465 e. The number of likely N-dealkylation sites (N-methyl/N-ethyl adjacent to an activating group) is 1. The molecule has 0 aromatic carbocycles. The molecule has 0 heterocycles. The first-order chi connectivity index (χ1) is 7.54. The summed E-state index contributed by atoms with van der Waals surface area (Å²) in [4.78, 5) is 24.6. The number of esters is 1. The van der Waals surface area contributed by atoms with Crippen molar-refractivity contribution in [1.82, 2.24) is 10.2 Å². The summed E-state index contributed by atoms with van der Waals surface area (Å²) in [5.74, 6) is -0.314. The Hall–Kier alpha value is -1.10. The lowest BCUT2D eigenvalue weighted by Gasteiger charge is -2.22. The predicted octanol–water partition coefficient (Wildman–Crippen LogP) is 0.148. The Morgan fingerprint density at radius 1 is 1.50 bits per heavy atom. The number of carbonyl (C=O) groups excluding carboxylic acids is 2. The van der Waals surface area contributed by atoms with E-state index in [1.807, 2.05) is 0 Å². The van der Waals surface area contributed by atoms with Gasteiger partial charge in [-0.2, -0.15) is 0 Å². The summed E-state index contributed by atoms with van der Waals surface area (Å²) >= 11 is 0. The minimum absolute atomic E-state index is 0.0267. The van der Waals surface area contributed by atoms with Crippen LogP contribution in [0.15, 0.2) is 0 Å². The van der Waals surface area contributed by atoms with Crippen LogP contribution in [0.2, 0.25) is 0 Å². The van der Waals surface area contributed by atoms with E-state index < -0.39 is 0 Å². The molecule has 0 aromatic heterocycles. The highest BCUT2D eigenvalue weighted by Gasteiger charge is 2.25. The van der Waals surface area contributed by atoms with Crippen molar-refractivity contribution in [2.45, 2.75) is 38.8 Å². The van der Waals surface area contributed by atoms with E-state index in [1.54, 1.807) is 25.8 Å². The maximum absolute atomic E-state index is 11.5. The fraction of sp³-hybridized carbons (Fsp3) is 0.818. The van der Waals surface area contributed by atoms with Gasteiger partial charge in [0.1, 0.15) is 6.04 Å². The highest BCUT2D eigenvalue weighted by Crippen LogP contribution is 2.18. The van der Waals surface area contributed by atoms with Gasteiger partial charge in [-0.05, 0) is 33.7 Å². The highest BCUT2D eigenvalue weighted by molar-refractivity contribution is 5.80. The van der Waals surface area contributed by atoms with Crippen LogP contribution in [-0.2, 0) is 14.3 Å². The van der Waals surface area contributed by atoms with E-state index in [0.29, 0.717) is 12.6 Å². The molecule has 0 aliphatic heterocycles. The summed E-state index contributed by atoms with van der Waals surface area (Å²) in [5, 5.41) is 2.88. The molecule has 1 atom stereocenters. The molecular weight excluding hydrogens is 208 g/mol. The molecule has 16 heavy (non-hydrogen) atoms. The molecule has 1 N–H and O–H groups in total. The fourth-order valence-electron chi connectivity index (χ4n) is 1.31. The number of carbonyl (C=O) groups is 2. The number of amides is 1. The summed E-state index contributed by atoms with van der Waals surface area (Å²) in [6.07, 6.45) is 2.14. The van der Waals surface area contributed by atoms with E-state index in [0.717, 1.165) is 12.8 Å². The van der Waals surface area contributed by atoms with Crippen molar-refractivity contribution >= 4 is 11.9 Å². The van der Waals surface area contributed by atoms with Crippen LogP contribution in [0.5, 0.6) is 0 Å². The van der Waals surface area contributed by atoms with E-state index in [2.05, 4.69) is 5.32 Å². The van der Waals surface area contributed by atoms with Gasteiger partial charge in [-0.15, -0.1) is 0 Å². The minimum Gasteiger partial charge on any atom is -0.465 e. The first-order valence-corrected chi connectivity index (χ1v) is 5.70. The molecule has 1 aliphatic rings. The van der Waals surface area contributed by atoms with Crippen molar-refractivity contribution in [2.24, 2.45) is 0 Å². The van der Waals surface area contributed by atoms with Crippen LogP contribution in [0.4, 0.5) is 0 Å². The highest BCUT2D eigenvalue weighted by atomic mass is 16.5. The van der Waals surface area contributed by atoms with Crippen LogP contribution in [0.1, 0.15) is 26.7 Å². The molecule has 1 unspecified atom stereocenters. The fourth-order valence-corrected chi connectivity index (χ4v) is 1.31. The van der Waals surface area contributed by atoms with Crippen LogP contribution >= 0.6 is 0 Å². The maximum atomic E-state index is 11.5. The van der Waals surface area contributed by atoms with Crippen molar-refractivity contribution in [1.29, 1.82) is 0 Å². The molecule has 1 fully saturated rings. The van der Waals surface area contributed by atoms with Crippen molar-refractivity contribution < 1.29 is 14.3 Å². The summed E-state index contributed by atoms with van der Waals surface area (Å²) in [6, 6.07) is -0.0243.